The number of rotatable bonds is 4. The molecule has 0 fully saturated rings. The van der Waals surface area contributed by atoms with Gasteiger partial charge in [-0.1, -0.05) is 23.7 Å². The molecule has 0 radical (unpaired) electrons. The lowest BCUT2D eigenvalue weighted by molar-refractivity contribution is -0.255. The summed E-state index contributed by atoms with van der Waals surface area (Å²) < 4.78 is 5.10. The molecular formula is C15H11ClNO4-. The average molecular weight is 305 g/mol. The number of methoxy groups -OCH3 is 1. The van der Waals surface area contributed by atoms with Crippen molar-refractivity contribution in [2.75, 3.05) is 12.4 Å². The summed E-state index contributed by atoms with van der Waals surface area (Å²) in [7, 11) is 1.46. The predicted molar refractivity (Wildman–Crippen MR) is 76.7 cm³/mol. The highest BCUT2D eigenvalue weighted by Crippen LogP contribution is 2.22. The number of aromatic carboxylic acids is 1. The maximum Gasteiger partial charge on any atom is 0.259 e. The van der Waals surface area contributed by atoms with Gasteiger partial charge in [0.15, 0.2) is 0 Å². The summed E-state index contributed by atoms with van der Waals surface area (Å²) in [5.74, 6) is -1.41. The third-order valence-electron chi connectivity index (χ3n) is 2.80. The highest BCUT2D eigenvalue weighted by molar-refractivity contribution is 6.33. The van der Waals surface area contributed by atoms with Crippen LogP contribution < -0.4 is 15.2 Å². The highest BCUT2D eigenvalue weighted by Gasteiger charge is 2.12. The first-order chi connectivity index (χ1) is 10.0. The molecule has 21 heavy (non-hydrogen) atoms. The van der Waals surface area contributed by atoms with Crippen LogP contribution in [-0.2, 0) is 0 Å². The zero-order valence-electron chi connectivity index (χ0n) is 11.1. The van der Waals surface area contributed by atoms with Gasteiger partial charge in [0.1, 0.15) is 5.75 Å². The number of amides is 1. The molecule has 0 saturated carbocycles. The summed E-state index contributed by atoms with van der Waals surface area (Å²) >= 11 is 5.74. The summed E-state index contributed by atoms with van der Waals surface area (Å²) in [5, 5.41) is 13.5. The Bertz CT molecular complexity index is 700. The van der Waals surface area contributed by atoms with Crippen molar-refractivity contribution in [1.29, 1.82) is 0 Å². The largest absolute Gasteiger partial charge is 0.545 e. The molecule has 0 bridgehead atoms. The van der Waals surface area contributed by atoms with Crippen LogP contribution in [-0.4, -0.2) is 19.0 Å². The number of halogens is 1. The molecule has 2 rings (SSSR count). The smallest absolute Gasteiger partial charge is 0.259 e. The number of hydrogen-bond acceptors (Lipinski definition) is 4. The van der Waals surface area contributed by atoms with Gasteiger partial charge in [-0.15, -0.1) is 0 Å². The minimum Gasteiger partial charge on any atom is -0.545 e. The molecule has 2 aromatic rings. The number of carbonyl (C=O) groups excluding carboxylic acids is 2. The van der Waals surface area contributed by atoms with Crippen LogP contribution in [0, 0.1) is 0 Å². The molecule has 2 aromatic carbocycles. The quantitative estimate of drug-likeness (QED) is 0.936. The van der Waals surface area contributed by atoms with Crippen LogP contribution in [0.4, 0.5) is 5.69 Å². The lowest BCUT2D eigenvalue weighted by Crippen LogP contribution is -2.23. The molecule has 108 valence electrons. The van der Waals surface area contributed by atoms with Crippen molar-refractivity contribution in [3.05, 3.63) is 58.6 Å². The molecule has 0 unspecified atom stereocenters. The van der Waals surface area contributed by atoms with Crippen LogP contribution in [0.3, 0.4) is 0 Å². The summed E-state index contributed by atoms with van der Waals surface area (Å²) in [5.41, 5.74) is 0.453. The zero-order chi connectivity index (χ0) is 15.4. The van der Waals surface area contributed by atoms with Gasteiger partial charge in [-0.25, -0.2) is 0 Å². The number of nitrogens with one attached hydrogen (secondary N) is 1. The van der Waals surface area contributed by atoms with E-state index in [0.29, 0.717) is 17.0 Å². The second-order valence-corrected chi connectivity index (χ2v) is 4.54. The minimum absolute atomic E-state index is 0.0466. The van der Waals surface area contributed by atoms with Crippen LogP contribution in [0.15, 0.2) is 42.5 Å². The Morgan fingerprint density at radius 2 is 1.86 bits per heavy atom. The highest BCUT2D eigenvalue weighted by atomic mass is 35.5. The van der Waals surface area contributed by atoms with Gasteiger partial charge in [0.2, 0.25) is 0 Å². The van der Waals surface area contributed by atoms with Crippen molar-refractivity contribution in [2.45, 2.75) is 0 Å². The fraction of sp³-hybridized carbons (Fsp3) is 0.0667. The monoisotopic (exact) mass is 304 g/mol. The Labute approximate surface area is 126 Å². The van der Waals surface area contributed by atoms with Gasteiger partial charge in [0, 0.05) is 16.3 Å². The van der Waals surface area contributed by atoms with E-state index in [-0.39, 0.29) is 10.6 Å². The van der Waals surface area contributed by atoms with E-state index >= 15 is 0 Å². The van der Waals surface area contributed by atoms with Gasteiger partial charge in [-0.3, -0.25) is 4.79 Å². The molecular weight excluding hydrogens is 294 g/mol. The van der Waals surface area contributed by atoms with Gasteiger partial charge >= 0.3 is 0 Å². The number of ether oxygens (including phenoxy) is 1. The SMILES string of the molecule is COc1ccccc1C(=O)Nc1ccc(Cl)c(C(=O)[O-])c1. The zero-order valence-corrected chi connectivity index (χ0v) is 11.8. The number of hydrogen-bond donors (Lipinski definition) is 1. The van der Waals surface area contributed by atoms with E-state index in [1.165, 1.54) is 25.3 Å². The minimum atomic E-state index is -1.41. The summed E-state index contributed by atoms with van der Waals surface area (Å²) in [6.07, 6.45) is 0. The Balaban J connectivity index is 2.28. The summed E-state index contributed by atoms with van der Waals surface area (Å²) in [4.78, 5) is 23.1. The maximum atomic E-state index is 12.2. The predicted octanol–water partition coefficient (Wildman–Crippen LogP) is 1.96. The number of carboxylic acid groups (broad SMARTS) is 1. The van der Waals surface area contributed by atoms with E-state index in [0.717, 1.165) is 0 Å². The lowest BCUT2D eigenvalue weighted by Gasteiger charge is -2.11. The second kappa shape index (κ2) is 6.28. The molecule has 0 atom stereocenters. The van der Waals surface area contributed by atoms with Crippen LogP contribution >= 0.6 is 11.6 Å². The van der Waals surface area contributed by atoms with E-state index in [1.54, 1.807) is 24.3 Å². The lowest BCUT2D eigenvalue weighted by atomic mass is 10.1. The van der Waals surface area contributed by atoms with Gasteiger partial charge in [-0.2, -0.15) is 0 Å². The number of carbonyl (C=O) groups is 2. The van der Waals surface area contributed by atoms with Crippen molar-refractivity contribution < 1.29 is 19.4 Å². The van der Waals surface area contributed by atoms with E-state index in [4.69, 9.17) is 16.3 Å². The van der Waals surface area contributed by atoms with Crippen LogP contribution in [0.2, 0.25) is 5.02 Å². The second-order valence-electron chi connectivity index (χ2n) is 4.14. The van der Waals surface area contributed by atoms with Crippen molar-refractivity contribution >= 4 is 29.2 Å². The fourth-order valence-electron chi connectivity index (χ4n) is 1.79. The van der Waals surface area contributed by atoms with Crippen LogP contribution in [0.5, 0.6) is 5.75 Å². The number of para-hydroxylation sites is 1. The van der Waals surface area contributed by atoms with E-state index in [2.05, 4.69) is 5.32 Å². The number of carboxylic acids is 1. The molecule has 0 spiro atoms. The molecule has 1 N–H and O–H groups in total. The Hall–Kier alpha value is -2.53. The maximum absolute atomic E-state index is 12.2. The molecule has 0 aliphatic carbocycles. The third kappa shape index (κ3) is 3.32. The summed E-state index contributed by atoms with van der Waals surface area (Å²) in [6.45, 7) is 0. The van der Waals surface area contributed by atoms with Gasteiger partial charge in [-0.05, 0) is 30.3 Å². The molecule has 5 nitrogen and oxygen atoms in total. The Morgan fingerprint density at radius 1 is 1.14 bits per heavy atom. The van der Waals surface area contributed by atoms with Gasteiger partial charge in [0.25, 0.3) is 5.91 Å². The van der Waals surface area contributed by atoms with Crippen LogP contribution in [0.25, 0.3) is 0 Å². The first-order valence-electron chi connectivity index (χ1n) is 5.98. The molecule has 0 heterocycles. The van der Waals surface area contributed by atoms with Crippen molar-refractivity contribution in [2.24, 2.45) is 0 Å². The third-order valence-corrected chi connectivity index (χ3v) is 3.13. The van der Waals surface area contributed by atoms with E-state index in [9.17, 15) is 14.7 Å². The molecule has 0 aliphatic heterocycles. The van der Waals surface area contributed by atoms with Gasteiger partial charge < -0.3 is 20.0 Å². The standard InChI is InChI=1S/C15H12ClNO4/c1-21-13-5-3-2-4-10(13)14(18)17-9-6-7-12(16)11(8-9)15(19)20/h2-8H,1H3,(H,17,18)(H,19,20)/p-1. The molecule has 0 aliphatic rings. The van der Waals surface area contributed by atoms with Crippen molar-refractivity contribution in [1.82, 2.24) is 0 Å². The van der Waals surface area contributed by atoms with Gasteiger partial charge in [0.05, 0.1) is 18.6 Å². The van der Waals surface area contributed by atoms with Crippen molar-refractivity contribution in [3.63, 3.8) is 0 Å². The van der Waals surface area contributed by atoms with E-state index in [1.807, 2.05) is 0 Å². The Kier molecular flexibility index (Phi) is 4.45. The van der Waals surface area contributed by atoms with Crippen LogP contribution in [0.1, 0.15) is 20.7 Å². The number of benzene rings is 2. The average Bonchev–Trinajstić information content (AvgIpc) is 2.48. The molecule has 1 amide bonds. The fourth-order valence-corrected chi connectivity index (χ4v) is 1.98. The normalized spacial score (nSPS) is 10.0. The van der Waals surface area contributed by atoms with Crippen molar-refractivity contribution in [3.8, 4) is 5.75 Å². The first kappa shape index (κ1) is 14.9. The first-order valence-corrected chi connectivity index (χ1v) is 6.36. The molecule has 0 saturated heterocycles. The molecule has 6 heteroatoms. The van der Waals surface area contributed by atoms with E-state index < -0.39 is 11.9 Å². The summed E-state index contributed by atoms with van der Waals surface area (Å²) in [6, 6.07) is 10.8. The topological polar surface area (TPSA) is 78.5 Å². The molecule has 0 aromatic heterocycles. The Morgan fingerprint density at radius 3 is 2.52 bits per heavy atom. The number of anilines is 1.